The molecule has 0 spiro atoms. The molecule has 2 aliphatic carbocycles. The van der Waals surface area contributed by atoms with Crippen molar-refractivity contribution in [2.45, 2.75) is 56.0 Å². The van der Waals surface area contributed by atoms with Crippen molar-refractivity contribution in [1.29, 1.82) is 5.26 Å². The number of carbonyl (C=O) groups excluding carboxylic acids is 3. The van der Waals surface area contributed by atoms with E-state index in [1.54, 1.807) is 30.3 Å². The minimum Gasteiger partial charge on any atom is -0.296 e. The molecule has 6 rings (SSSR count). The van der Waals surface area contributed by atoms with Gasteiger partial charge >= 0.3 is 0 Å². The summed E-state index contributed by atoms with van der Waals surface area (Å²) in [5.74, 6) is -6.27. The number of amides is 2. The first-order valence-electron chi connectivity index (χ1n) is 13.5. The Hall–Kier alpha value is -4.16. The van der Waals surface area contributed by atoms with E-state index < -0.39 is 41.5 Å². The summed E-state index contributed by atoms with van der Waals surface area (Å²) in [5, 5.41) is 9.69. The van der Waals surface area contributed by atoms with Gasteiger partial charge in [0.1, 0.15) is 17.4 Å². The third-order valence-electron chi connectivity index (χ3n) is 8.51. The summed E-state index contributed by atoms with van der Waals surface area (Å²) in [5.41, 5.74) is 0.100. The highest BCUT2D eigenvalue weighted by Crippen LogP contribution is 2.53. The van der Waals surface area contributed by atoms with Crippen molar-refractivity contribution in [1.82, 2.24) is 4.98 Å². The maximum Gasteiger partial charge on any atom is 0.257 e. The molecule has 1 saturated carbocycles. The van der Waals surface area contributed by atoms with Crippen molar-refractivity contribution in [3.8, 4) is 6.07 Å². The second-order valence-electron chi connectivity index (χ2n) is 10.7. The number of alkyl halides is 2. The summed E-state index contributed by atoms with van der Waals surface area (Å²) in [7, 11) is 0. The molecule has 1 aliphatic heterocycles. The van der Waals surface area contributed by atoms with Gasteiger partial charge in [0.25, 0.3) is 11.8 Å². The number of aryl methyl sites for hydroxylation is 1. The van der Waals surface area contributed by atoms with Crippen LogP contribution in [-0.2, 0) is 26.3 Å². The molecule has 41 heavy (non-hydrogen) atoms. The number of hydrogen-bond acceptors (Lipinski definition) is 5. The first kappa shape index (κ1) is 27.0. The molecule has 0 N–H and O–H groups in total. The predicted octanol–water partition coefficient (Wildman–Crippen LogP) is 5.59. The molecule has 0 radical (unpaired) electrons. The third-order valence-corrected chi connectivity index (χ3v) is 8.74. The summed E-state index contributed by atoms with van der Waals surface area (Å²) in [6.45, 7) is 0. The predicted molar refractivity (Wildman–Crippen MR) is 148 cm³/mol. The average molecular weight is 575 g/mol. The van der Waals surface area contributed by atoms with Crippen molar-refractivity contribution >= 4 is 40.7 Å². The fourth-order valence-corrected chi connectivity index (χ4v) is 6.62. The van der Waals surface area contributed by atoms with Gasteiger partial charge in [0.15, 0.2) is 5.78 Å². The van der Waals surface area contributed by atoms with E-state index in [9.17, 15) is 28.4 Å². The van der Waals surface area contributed by atoms with Gasteiger partial charge < -0.3 is 0 Å². The standard InChI is InChI=1S/C31H25ClF2N4O3/c32-21-5-3-6-22(17-21)38(29(41)25-8-9-27(39)37(25)26-16-19(18-35)12-15-36-26)30(28(40)24-11-14-31(24,33)34)13-10-20-4-1-2-7-23(20)30/h1-7,12,15-17,24-25H,8-11,13-14H2/t24?,25-,30-/m0/s1. The van der Waals surface area contributed by atoms with E-state index >= 15 is 0 Å². The Bertz CT molecular complexity index is 1620. The average Bonchev–Trinajstić information content (AvgIpc) is 3.54. The van der Waals surface area contributed by atoms with E-state index in [1.807, 2.05) is 18.2 Å². The fraction of sp³-hybridized carbons (Fsp3) is 0.323. The Morgan fingerprint density at radius 2 is 1.85 bits per heavy atom. The summed E-state index contributed by atoms with van der Waals surface area (Å²) < 4.78 is 29.7. The van der Waals surface area contributed by atoms with Crippen molar-refractivity contribution in [3.05, 3.63) is 88.6 Å². The van der Waals surface area contributed by atoms with Crippen molar-refractivity contribution in [2.24, 2.45) is 5.92 Å². The number of nitrogens with zero attached hydrogens (tertiary/aromatic N) is 4. The van der Waals surface area contributed by atoms with Gasteiger partial charge in [0.2, 0.25) is 5.91 Å². The molecule has 1 saturated heterocycles. The Balaban J connectivity index is 1.54. The van der Waals surface area contributed by atoms with E-state index in [-0.39, 0.29) is 48.7 Å². The number of rotatable bonds is 6. The van der Waals surface area contributed by atoms with Crippen LogP contribution in [-0.4, -0.2) is 34.5 Å². The van der Waals surface area contributed by atoms with Crippen LogP contribution in [0.3, 0.4) is 0 Å². The molecule has 2 amide bonds. The maximum absolute atomic E-state index is 14.9. The lowest BCUT2D eigenvalue weighted by molar-refractivity contribution is -0.166. The van der Waals surface area contributed by atoms with Crippen LogP contribution in [0.15, 0.2) is 66.9 Å². The lowest BCUT2D eigenvalue weighted by Crippen LogP contribution is -2.62. The number of aromatic nitrogens is 1. The van der Waals surface area contributed by atoms with E-state index in [0.29, 0.717) is 17.0 Å². The summed E-state index contributed by atoms with van der Waals surface area (Å²) in [6, 6.07) is 17.3. The minimum absolute atomic E-state index is 0.0201. The van der Waals surface area contributed by atoms with E-state index in [1.165, 1.54) is 34.2 Å². The molecule has 10 heteroatoms. The van der Waals surface area contributed by atoms with Gasteiger partial charge in [-0.15, -0.1) is 0 Å². The fourth-order valence-electron chi connectivity index (χ4n) is 6.43. The molecule has 2 fully saturated rings. The van der Waals surface area contributed by atoms with Crippen LogP contribution in [0.1, 0.15) is 48.8 Å². The van der Waals surface area contributed by atoms with Crippen LogP contribution in [0.4, 0.5) is 20.3 Å². The smallest absolute Gasteiger partial charge is 0.257 e. The Kier molecular flexibility index (Phi) is 6.62. The molecular weight excluding hydrogens is 550 g/mol. The number of benzene rings is 2. The van der Waals surface area contributed by atoms with Crippen LogP contribution in [0, 0.1) is 17.2 Å². The van der Waals surface area contributed by atoms with Crippen LogP contribution in [0.5, 0.6) is 0 Å². The zero-order chi connectivity index (χ0) is 28.9. The number of Topliss-reactive ketones (excluding diaryl/α,β-unsaturated/α-hetero) is 1. The van der Waals surface area contributed by atoms with Crippen LogP contribution in [0.25, 0.3) is 0 Å². The third kappa shape index (κ3) is 4.29. The number of hydrogen-bond donors (Lipinski definition) is 0. The van der Waals surface area contributed by atoms with Gasteiger partial charge in [0.05, 0.1) is 17.6 Å². The van der Waals surface area contributed by atoms with Gasteiger partial charge in [-0.25, -0.2) is 13.8 Å². The topological polar surface area (TPSA) is 94.4 Å². The molecule has 3 aliphatic rings. The lowest BCUT2D eigenvalue weighted by atomic mass is 9.69. The first-order valence-corrected chi connectivity index (χ1v) is 13.8. The molecule has 2 heterocycles. The number of nitriles is 1. The Labute approximate surface area is 240 Å². The van der Waals surface area contributed by atoms with E-state index in [2.05, 4.69) is 4.98 Å². The highest BCUT2D eigenvalue weighted by molar-refractivity contribution is 6.31. The van der Waals surface area contributed by atoms with E-state index in [4.69, 9.17) is 11.6 Å². The number of fused-ring (bicyclic) bond motifs is 1. The van der Waals surface area contributed by atoms with Gasteiger partial charge in [-0.3, -0.25) is 24.2 Å². The molecule has 1 aromatic heterocycles. The number of carbonyl (C=O) groups is 3. The highest BCUT2D eigenvalue weighted by atomic mass is 35.5. The molecule has 2 aromatic carbocycles. The van der Waals surface area contributed by atoms with Crippen LogP contribution < -0.4 is 9.80 Å². The molecular formula is C31H25ClF2N4O3. The van der Waals surface area contributed by atoms with Crippen molar-refractivity contribution in [3.63, 3.8) is 0 Å². The van der Waals surface area contributed by atoms with Gasteiger partial charge in [0, 0.05) is 29.7 Å². The molecule has 3 atom stereocenters. The number of halogens is 3. The second kappa shape index (κ2) is 10.0. The largest absolute Gasteiger partial charge is 0.296 e. The van der Waals surface area contributed by atoms with Crippen LogP contribution >= 0.6 is 11.6 Å². The normalized spacial score (nSPS) is 24.3. The molecule has 3 aromatic rings. The number of anilines is 2. The quantitative estimate of drug-likeness (QED) is 0.382. The molecule has 7 nitrogen and oxygen atoms in total. The maximum atomic E-state index is 14.9. The zero-order valence-corrected chi connectivity index (χ0v) is 22.7. The molecule has 1 unspecified atom stereocenters. The molecule has 0 bridgehead atoms. The lowest BCUT2D eigenvalue weighted by Gasteiger charge is -2.47. The van der Waals surface area contributed by atoms with Crippen molar-refractivity contribution in [2.75, 3.05) is 9.80 Å². The number of pyridine rings is 1. The van der Waals surface area contributed by atoms with E-state index in [0.717, 1.165) is 5.56 Å². The van der Waals surface area contributed by atoms with Crippen LogP contribution in [0.2, 0.25) is 5.02 Å². The van der Waals surface area contributed by atoms with Gasteiger partial charge in [-0.1, -0.05) is 41.9 Å². The highest BCUT2D eigenvalue weighted by Gasteiger charge is 2.62. The summed E-state index contributed by atoms with van der Waals surface area (Å²) >= 11 is 6.36. The SMILES string of the molecule is N#Cc1ccnc(N2C(=O)CC[C@H]2C(=O)N(c2cccc(Cl)c2)[C@@]2(C(=O)C3CCC3(F)F)CCc3ccccc32)c1. The Morgan fingerprint density at radius 3 is 2.56 bits per heavy atom. The van der Waals surface area contributed by atoms with Gasteiger partial charge in [-0.05, 0) is 67.1 Å². The minimum atomic E-state index is -3.18. The summed E-state index contributed by atoms with van der Waals surface area (Å²) in [4.78, 5) is 49.1. The molecule has 208 valence electrons. The summed E-state index contributed by atoms with van der Waals surface area (Å²) in [6.07, 6.45) is 1.69. The first-order chi connectivity index (χ1) is 19.7. The Morgan fingerprint density at radius 1 is 1.05 bits per heavy atom. The zero-order valence-electron chi connectivity index (χ0n) is 21.9. The monoisotopic (exact) mass is 574 g/mol. The number of ketones is 1. The second-order valence-corrected chi connectivity index (χ2v) is 11.2. The van der Waals surface area contributed by atoms with Crippen molar-refractivity contribution < 1.29 is 23.2 Å². The van der Waals surface area contributed by atoms with Gasteiger partial charge in [-0.2, -0.15) is 5.26 Å².